The van der Waals surface area contributed by atoms with E-state index in [0.717, 1.165) is 16.7 Å². The van der Waals surface area contributed by atoms with Crippen LogP contribution in [-0.2, 0) is 33.1 Å². The minimum Gasteiger partial charge on any atom is -0.368 e. The van der Waals surface area contributed by atoms with E-state index in [1.54, 1.807) is 17.9 Å². The molecule has 0 spiro atoms. The largest absolute Gasteiger partial charge is 0.368 e. The van der Waals surface area contributed by atoms with Gasteiger partial charge in [0.15, 0.2) is 0 Å². The number of nitrogens with zero attached hydrogens (tertiary/aromatic N) is 1. The molecular formula is C27H27ClFNO3. The lowest BCUT2D eigenvalue weighted by molar-refractivity contribution is -0.195. The Labute approximate surface area is 198 Å². The molecule has 6 heteroatoms. The van der Waals surface area contributed by atoms with Crippen molar-refractivity contribution in [1.29, 1.82) is 0 Å². The van der Waals surface area contributed by atoms with Crippen molar-refractivity contribution in [2.75, 3.05) is 13.1 Å². The van der Waals surface area contributed by atoms with Gasteiger partial charge in [-0.2, -0.15) is 0 Å². The van der Waals surface area contributed by atoms with Crippen LogP contribution in [0.25, 0.3) is 0 Å². The highest BCUT2D eigenvalue weighted by Crippen LogP contribution is 2.40. The highest BCUT2D eigenvalue weighted by Gasteiger charge is 2.47. The number of piperidine rings is 1. The van der Waals surface area contributed by atoms with E-state index in [1.165, 1.54) is 12.1 Å². The van der Waals surface area contributed by atoms with E-state index in [0.29, 0.717) is 31.1 Å². The van der Waals surface area contributed by atoms with E-state index in [1.807, 2.05) is 60.7 Å². The summed E-state index contributed by atoms with van der Waals surface area (Å²) in [5.74, 6) is -0.323. The lowest BCUT2D eigenvalue weighted by Crippen LogP contribution is -2.56. The summed E-state index contributed by atoms with van der Waals surface area (Å²) in [6, 6.07) is 23.9. The molecule has 1 heterocycles. The van der Waals surface area contributed by atoms with Crippen LogP contribution in [0.15, 0.2) is 78.9 Å². The Morgan fingerprint density at radius 2 is 1.76 bits per heavy atom. The Kier molecular flexibility index (Phi) is 7.43. The smallest absolute Gasteiger partial charge is 0.219 e. The molecule has 1 saturated heterocycles. The summed E-state index contributed by atoms with van der Waals surface area (Å²) in [6.07, 6.45) is 0.109. The number of carbonyl (C=O) groups excluding carboxylic acids is 1. The maximum Gasteiger partial charge on any atom is 0.219 e. The Bertz CT molecular complexity index is 1080. The number of ether oxygens (including phenoxy) is 2. The van der Waals surface area contributed by atoms with Gasteiger partial charge in [-0.25, -0.2) is 4.39 Å². The number of likely N-dealkylation sites (tertiary alicyclic amines) is 1. The summed E-state index contributed by atoms with van der Waals surface area (Å²) in [5, 5.41) is 0.635. The van der Waals surface area contributed by atoms with Crippen LogP contribution in [0.2, 0.25) is 5.02 Å². The molecule has 1 amide bonds. The Morgan fingerprint density at radius 1 is 1.03 bits per heavy atom. The van der Waals surface area contributed by atoms with Crippen LogP contribution in [0.5, 0.6) is 0 Å². The number of amides is 1. The van der Waals surface area contributed by atoms with Gasteiger partial charge in [0.1, 0.15) is 17.5 Å². The normalized spacial score (nSPS) is 20.6. The molecule has 0 N–H and O–H groups in total. The van der Waals surface area contributed by atoms with Gasteiger partial charge in [0.2, 0.25) is 5.91 Å². The molecule has 1 fully saturated rings. The van der Waals surface area contributed by atoms with Crippen molar-refractivity contribution in [2.45, 2.75) is 38.3 Å². The van der Waals surface area contributed by atoms with Crippen molar-refractivity contribution in [1.82, 2.24) is 4.90 Å². The maximum absolute atomic E-state index is 13.7. The summed E-state index contributed by atoms with van der Waals surface area (Å²) < 4.78 is 26.7. The second kappa shape index (κ2) is 10.5. The first-order chi connectivity index (χ1) is 16.0. The van der Waals surface area contributed by atoms with Crippen LogP contribution in [-0.4, -0.2) is 30.0 Å². The van der Waals surface area contributed by atoms with Gasteiger partial charge < -0.3 is 14.4 Å². The molecular weight excluding hydrogens is 441 g/mol. The summed E-state index contributed by atoms with van der Waals surface area (Å²) >= 11 is 6.17. The first-order valence-corrected chi connectivity index (χ1v) is 11.4. The molecule has 172 valence electrons. The minimum absolute atomic E-state index is 0.0119. The molecule has 0 aromatic heterocycles. The summed E-state index contributed by atoms with van der Waals surface area (Å²) in [7, 11) is 0. The fourth-order valence-corrected chi connectivity index (χ4v) is 4.42. The molecule has 0 unspecified atom stereocenters. The molecule has 3 aromatic rings. The fourth-order valence-electron chi connectivity index (χ4n) is 4.29. The van der Waals surface area contributed by atoms with Crippen molar-refractivity contribution >= 4 is 17.5 Å². The number of rotatable bonds is 7. The van der Waals surface area contributed by atoms with Crippen LogP contribution in [0.3, 0.4) is 0 Å². The Balaban J connectivity index is 1.67. The zero-order chi connectivity index (χ0) is 23.3. The predicted octanol–water partition coefficient (Wildman–Crippen LogP) is 5.73. The topological polar surface area (TPSA) is 38.8 Å². The lowest BCUT2D eigenvalue weighted by atomic mass is 9.81. The SMILES string of the molecule is CC(=O)N1CC[C@@](OCc2ccccc2)(c2ccc(Cl)cc2)[C@@H](OCc2cccc(F)c2)C1. The number of hydrogen-bond acceptors (Lipinski definition) is 3. The van der Waals surface area contributed by atoms with Gasteiger partial charge in [-0.3, -0.25) is 4.79 Å². The van der Waals surface area contributed by atoms with Crippen LogP contribution < -0.4 is 0 Å². The molecule has 0 saturated carbocycles. The molecule has 0 radical (unpaired) electrons. The van der Waals surface area contributed by atoms with E-state index < -0.39 is 11.7 Å². The summed E-state index contributed by atoms with van der Waals surface area (Å²) in [4.78, 5) is 14.0. The standard InChI is InChI=1S/C27H27ClFNO3/c1-20(31)30-15-14-27(23-10-12-24(28)13-11-23,33-19-21-6-3-2-4-7-21)26(17-30)32-18-22-8-5-9-25(29)16-22/h2-13,16,26H,14-15,17-19H2,1H3/t26-,27+/m0/s1. The van der Waals surface area contributed by atoms with Crippen molar-refractivity contribution in [3.05, 3.63) is 106 Å². The first-order valence-electron chi connectivity index (χ1n) is 11.0. The molecule has 4 rings (SSSR count). The van der Waals surface area contributed by atoms with E-state index in [9.17, 15) is 9.18 Å². The molecule has 33 heavy (non-hydrogen) atoms. The second-order valence-electron chi connectivity index (χ2n) is 8.32. The number of benzene rings is 3. The van der Waals surface area contributed by atoms with Crippen LogP contribution in [0, 0.1) is 5.82 Å². The Morgan fingerprint density at radius 3 is 2.45 bits per heavy atom. The summed E-state index contributed by atoms with van der Waals surface area (Å²) in [5.41, 5.74) is 1.92. The highest BCUT2D eigenvalue weighted by molar-refractivity contribution is 6.30. The van der Waals surface area contributed by atoms with Gasteiger partial charge >= 0.3 is 0 Å². The average molecular weight is 468 g/mol. The van der Waals surface area contributed by atoms with Crippen LogP contribution >= 0.6 is 11.6 Å². The van der Waals surface area contributed by atoms with Crippen molar-refractivity contribution in [3.8, 4) is 0 Å². The van der Waals surface area contributed by atoms with Gasteiger partial charge in [0, 0.05) is 24.9 Å². The Hall–Kier alpha value is -2.73. The second-order valence-corrected chi connectivity index (χ2v) is 8.75. The van der Waals surface area contributed by atoms with Crippen molar-refractivity contribution in [2.24, 2.45) is 0 Å². The molecule has 0 bridgehead atoms. The van der Waals surface area contributed by atoms with Crippen molar-refractivity contribution in [3.63, 3.8) is 0 Å². The number of hydrogen-bond donors (Lipinski definition) is 0. The van der Waals surface area contributed by atoms with E-state index in [4.69, 9.17) is 21.1 Å². The lowest BCUT2D eigenvalue weighted by Gasteiger charge is -2.47. The molecule has 1 aliphatic heterocycles. The molecule has 1 aliphatic rings. The zero-order valence-electron chi connectivity index (χ0n) is 18.5. The minimum atomic E-state index is -0.792. The van der Waals surface area contributed by atoms with Crippen LogP contribution in [0.4, 0.5) is 4.39 Å². The van der Waals surface area contributed by atoms with Gasteiger partial charge in [-0.15, -0.1) is 0 Å². The first kappa shape index (κ1) is 23.4. The van der Waals surface area contributed by atoms with Gasteiger partial charge in [-0.1, -0.05) is 66.2 Å². The zero-order valence-corrected chi connectivity index (χ0v) is 19.3. The quantitative estimate of drug-likeness (QED) is 0.445. The predicted molar refractivity (Wildman–Crippen MR) is 126 cm³/mol. The monoisotopic (exact) mass is 467 g/mol. The van der Waals surface area contributed by atoms with Gasteiger partial charge in [-0.05, 0) is 41.0 Å². The van der Waals surface area contributed by atoms with Crippen molar-refractivity contribution < 1.29 is 18.7 Å². The third kappa shape index (κ3) is 5.61. The summed E-state index contributed by atoms with van der Waals surface area (Å²) in [6.45, 7) is 3.08. The molecule has 0 aliphatic carbocycles. The van der Waals surface area contributed by atoms with E-state index in [2.05, 4.69) is 0 Å². The fraction of sp³-hybridized carbons (Fsp3) is 0.296. The van der Waals surface area contributed by atoms with Gasteiger partial charge in [0.05, 0.1) is 19.8 Å². The average Bonchev–Trinajstić information content (AvgIpc) is 2.83. The molecule has 2 atom stereocenters. The highest BCUT2D eigenvalue weighted by atomic mass is 35.5. The van der Waals surface area contributed by atoms with Gasteiger partial charge in [0.25, 0.3) is 0 Å². The number of halogens is 2. The third-order valence-corrected chi connectivity index (χ3v) is 6.37. The maximum atomic E-state index is 13.7. The third-order valence-electron chi connectivity index (χ3n) is 6.12. The molecule has 3 aromatic carbocycles. The van der Waals surface area contributed by atoms with E-state index >= 15 is 0 Å². The number of carbonyl (C=O) groups is 1. The molecule has 4 nitrogen and oxygen atoms in total. The van der Waals surface area contributed by atoms with Crippen LogP contribution in [0.1, 0.15) is 30.0 Å². The van der Waals surface area contributed by atoms with E-state index in [-0.39, 0.29) is 18.3 Å².